The van der Waals surface area contributed by atoms with Crippen molar-refractivity contribution in [3.05, 3.63) is 80.4 Å². The topological polar surface area (TPSA) is 105 Å². The van der Waals surface area contributed by atoms with E-state index < -0.39 is 71.3 Å². The van der Waals surface area contributed by atoms with Crippen LogP contribution in [0.3, 0.4) is 0 Å². The summed E-state index contributed by atoms with van der Waals surface area (Å²) < 4.78 is 72.0. The van der Waals surface area contributed by atoms with Gasteiger partial charge in [0.05, 0.1) is 40.3 Å². The Bertz CT molecular complexity index is 1540. The molecule has 0 spiro atoms. The quantitative estimate of drug-likeness (QED) is 0.162. The fourth-order valence-electron chi connectivity index (χ4n) is 5.17. The van der Waals surface area contributed by atoms with Gasteiger partial charge in [0.1, 0.15) is 16.8 Å². The van der Waals surface area contributed by atoms with Gasteiger partial charge in [-0.2, -0.15) is 18.3 Å². The number of aryl methyl sites for hydroxylation is 1. The average Bonchev–Trinajstić information content (AvgIpc) is 3.33. The molecule has 0 unspecified atom stereocenters. The lowest BCUT2D eigenvalue weighted by molar-refractivity contribution is -0.152. The van der Waals surface area contributed by atoms with Gasteiger partial charge in [-0.3, -0.25) is 19.1 Å². The molecule has 1 amide bonds. The van der Waals surface area contributed by atoms with Crippen LogP contribution >= 0.6 is 23.2 Å². The number of aromatic nitrogens is 3. The van der Waals surface area contributed by atoms with Gasteiger partial charge < -0.3 is 10.0 Å². The number of carboxylic acids is 1. The van der Waals surface area contributed by atoms with Crippen LogP contribution in [0.5, 0.6) is 0 Å². The highest BCUT2D eigenvalue weighted by Crippen LogP contribution is 2.43. The zero-order valence-electron chi connectivity index (χ0n) is 22.8. The Labute approximate surface area is 252 Å². The van der Waals surface area contributed by atoms with E-state index >= 15 is 0 Å². The molecule has 0 radical (unpaired) electrons. The molecule has 0 bridgehead atoms. The maximum Gasteiger partial charge on any atom is 0.433 e. The van der Waals surface area contributed by atoms with E-state index in [9.17, 15) is 41.4 Å². The lowest BCUT2D eigenvalue weighted by Crippen LogP contribution is -2.37. The number of rotatable bonds is 8. The zero-order chi connectivity index (χ0) is 31.9. The SMILES string of the molecule is Cc1cc(Cl)c(C(=O)CN(Cc2cc(F)cc(F)c2)C(=O)c2cnn([C@H]3CC[C@@](C)(C(=O)O)CC3)c2C(F)(F)F)c(Cl)n1. The van der Waals surface area contributed by atoms with E-state index in [-0.39, 0.29) is 47.0 Å². The van der Waals surface area contributed by atoms with E-state index in [2.05, 4.69) is 10.1 Å². The van der Waals surface area contributed by atoms with Gasteiger partial charge in [-0.15, -0.1) is 0 Å². The predicted octanol–water partition coefficient (Wildman–Crippen LogP) is 6.92. The number of amides is 1. The Morgan fingerprint density at radius 3 is 2.23 bits per heavy atom. The number of hydrogen-bond donors (Lipinski definition) is 1. The summed E-state index contributed by atoms with van der Waals surface area (Å²) >= 11 is 12.3. The van der Waals surface area contributed by atoms with Crippen molar-refractivity contribution in [2.24, 2.45) is 5.41 Å². The van der Waals surface area contributed by atoms with E-state index in [0.717, 1.165) is 12.1 Å². The highest BCUT2D eigenvalue weighted by Gasteiger charge is 2.45. The molecule has 2 heterocycles. The van der Waals surface area contributed by atoms with Crippen molar-refractivity contribution in [2.45, 2.75) is 58.3 Å². The second-order valence-corrected chi connectivity index (χ2v) is 11.5. The Balaban J connectivity index is 1.74. The molecule has 1 fully saturated rings. The second kappa shape index (κ2) is 12.2. The molecule has 1 saturated carbocycles. The largest absolute Gasteiger partial charge is 0.481 e. The standard InChI is InChI=1S/C28H25Cl2F5N4O4/c1-14-7-20(29)22(24(30)37-14)21(40)13-38(12-15-8-16(31)10-17(32)9-15)25(41)19-11-36-39(23(19)28(33,34)35)18-3-5-27(2,6-4-18)26(42)43/h7-11,18H,3-6,12-13H2,1-2H3,(H,42,43)/t18-,27+. The molecule has 4 rings (SSSR count). The number of nitrogens with zero attached hydrogens (tertiary/aromatic N) is 4. The van der Waals surface area contributed by atoms with Gasteiger partial charge in [-0.25, -0.2) is 13.8 Å². The molecular formula is C28H25Cl2F5N4O4. The molecule has 43 heavy (non-hydrogen) atoms. The minimum absolute atomic E-state index is 0.0589. The Morgan fingerprint density at radius 2 is 1.70 bits per heavy atom. The first-order valence-corrected chi connectivity index (χ1v) is 13.7. The fourth-order valence-corrected chi connectivity index (χ4v) is 5.91. The number of ketones is 1. The molecule has 15 heteroatoms. The summed E-state index contributed by atoms with van der Waals surface area (Å²) in [5, 5.41) is 12.9. The van der Waals surface area contributed by atoms with Crippen molar-refractivity contribution in [3.8, 4) is 0 Å². The number of carboxylic acid groups (broad SMARTS) is 1. The van der Waals surface area contributed by atoms with Crippen LogP contribution in [0, 0.1) is 24.0 Å². The Kier molecular flexibility index (Phi) is 9.17. The number of Topliss-reactive ketones (excluding diaryl/α,β-unsaturated/α-hetero) is 1. The van der Waals surface area contributed by atoms with E-state index in [4.69, 9.17) is 23.2 Å². The molecule has 3 aromatic rings. The van der Waals surface area contributed by atoms with Gasteiger partial charge in [0.25, 0.3) is 5.91 Å². The summed E-state index contributed by atoms with van der Waals surface area (Å²) in [7, 11) is 0. The molecule has 1 aliphatic rings. The lowest BCUT2D eigenvalue weighted by atomic mass is 9.74. The van der Waals surface area contributed by atoms with E-state index in [1.165, 1.54) is 13.0 Å². The summed E-state index contributed by atoms with van der Waals surface area (Å²) in [5.74, 6) is -5.24. The molecule has 2 aromatic heterocycles. The smallest absolute Gasteiger partial charge is 0.433 e. The van der Waals surface area contributed by atoms with Gasteiger partial charge >= 0.3 is 12.1 Å². The van der Waals surface area contributed by atoms with Gasteiger partial charge in [-0.05, 0) is 63.3 Å². The molecule has 1 N–H and O–H groups in total. The van der Waals surface area contributed by atoms with Crippen molar-refractivity contribution in [2.75, 3.05) is 6.54 Å². The summed E-state index contributed by atoms with van der Waals surface area (Å²) in [5.41, 5.74) is -3.44. The third kappa shape index (κ3) is 6.98. The summed E-state index contributed by atoms with van der Waals surface area (Å²) in [6.07, 6.45) is -4.07. The van der Waals surface area contributed by atoms with E-state index in [1.54, 1.807) is 6.92 Å². The van der Waals surface area contributed by atoms with Gasteiger partial charge in [0.15, 0.2) is 11.5 Å². The Hall–Kier alpha value is -3.58. The minimum atomic E-state index is -5.08. The van der Waals surface area contributed by atoms with Crippen molar-refractivity contribution >= 4 is 40.9 Å². The monoisotopic (exact) mass is 646 g/mol. The van der Waals surface area contributed by atoms with E-state index in [0.29, 0.717) is 27.5 Å². The molecule has 1 aromatic carbocycles. The first kappa shape index (κ1) is 32.3. The van der Waals surface area contributed by atoms with Crippen LogP contribution in [0.15, 0.2) is 30.5 Å². The second-order valence-electron chi connectivity index (χ2n) is 10.7. The van der Waals surface area contributed by atoms with Crippen LogP contribution in [0.1, 0.15) is 76.3 Å². The van der Waals surface area contributed by atoms with E-state index in [1.807, 2.05) is 0 Å². The number of carbonyl (C=O) groups excluding carboxylic acids is 2. The molecule has 0 atom stereocenters. The highest BCUT2D eigenvalue weighted by molar-refractivity contribution is 6.39. The van der Waals surface area contributed by atoms with Gasteiger partial charge in [-0.1, -0.05) is 23.2 Å². The van der Waals surface area contributed by atoms with Crippen molar-refractivity contribution in [1.82, 2.24) is 19.7 Å². The maximum atomic E-state index is 14.5. The predicted molar refractivity (Wildman–Crippen MR) is 145 cm³/mol. The normalized spacial score (nSPS) is 18.9. The number of benzene rings is 1. The minimum Gasteiger partial charge on any atom is -0.481 e. The number of carbonyl (C=O) groups is 3. The molecular weight excluding hydrogens is 622 g/mol. The first-order valence-electron chi connectivity index (χ1n) is 13.0. The zero-order valence-corrected chi connectivity index (χ0v) is 24.3. The Morgan fingerprint density at radius 1 is 1.09 bits per heavy atom. The number of pyridine rings is 1. The molecule has 8 nitrogen and oxygen atoms in total. The highest BCUT2D eigenvalue weighted by atomic mass is 35.5. The van der Waals surface area contributed by atoms with Crippen molar-refractivity contribution in [3.63, 3.8) is 0 Å². The number of hydrogen-bond acceptors (Lipinski definition) is 5. The number of halogens is 7. The van der Waals surface area contributed by atoms with Crippen LogP contribution in [0.2, 0.25) is 10.2 Å². The maximum absolute atomic E-state index is 14.5. The first-order chi connectivity index (χ1) is 20.0. The molecule has 1 aliphatic carbocycles. The summed E-state index contributed by atoms with van der Waals surface area (Å²) in [6, 6.07) is 2.80. The molecule has 0 aliphatic heterocycles. The van der Waals surface area contributed by atoms with Crippen LogP contribution in [-0.2, 0) is 17.5 Å². The average molecular weight is 647 g/mol. The van der Waals surface area contributed by atoms with Gasteiger partial charge in [0, 0.05) is 18.3 Å². The van der Waals surface area contributed by atoms with Crippen LogP contribution < -0.4 is 0 Å². The summed E-state index contributed by atoms with van der Waals surface area (Å²) in [6.45, 7) is 1.55. The molecule has 230 valence electrons. The van der Waals surface area contributed by atoms with Crippen LogP contribution in [0.4, 0.5) is 22.0 Å². The molecule has 0 saturated heterocycles. The number of aliphatic carboxylic acids is 1. The van der Waals surface area contributed by atoms with Crippen LogP contribution in [0.25, 0.3) is 0 Å². The lowest BCUT2D eigenvalue weighted by Gasteiger charge is -2.34. The third-order valence-corrected chi connectivity index (χ3v) is 8.04. The van der Waals surface area contributed by atoms with Crippen LogP contribution in [-0.4, -0.2) is 49.0 Å². The third-order valence-electron chi connectivity index (χ3n) is 7.47. The fraction of sp³-hybridized carbons (Fsp3) is 0.393. The summed E-state index contributed by atoms with van der Waals surface area (Å²) in [4.78, 5) is 43.3. The van der Waals surface area contributed by atoms with Gasteiger partial charge in [0.2, 0.25) is 0 Å². The van der Waals surface area contributed by atoms with Crippen molar-refractivity contribution < 1.29 is 41.4 Å². The van der Waals surface area contributed by atoms with Crippen molar-refractivity contribution in [1.29, 1.82) is 0 Å². The number of alkyl halides is 3.